The molecule has 2 heterocycles. The normalized spacial score (nSPS) is 22.1. The van der Waals surface area contributed by atoms with Crippen molar-refractivity contribution in [3.05, 3.63) is 91.8 Å². The number of ether oxygens (including phenoxy) is 2. The summed E-state index contributed by atoms with van der Waals surface area (Å²) in [6.07, 6.45) is -2.74. The number of hydrogen-bond acceptors (Lipinski definition) is 6. The summed E-state index contributed by atoms with van der Waals surface area (Å²) >= 11 is 0. The molecule has 37 heavy (non-hydrogen) atoms. The van der Waals surface area contributed by atoms with Gasteiger partial charge in [0.05, 0.1) is 13.2 Å². The smallest absolute Gasteiger partial charge is 0.330 e. The number of aromatic amines is 1. The van der Waals surface area contributed by atoms with Gasteiger partial charge in [-0.15, -0.1) is 0 Å². The van der Waals surface area contributed by atoms with Crippen LogP contribution in [0, 0.1) is 20.8 Å². The van der Waals surface area contributed by atoms with Gasteiger partial charge in [0, 0.05) is 12.3 Å². The fraction of sp³-hybridized carbons (Fsp3) is 0.310. The lowest BCUT2D eigenvalue weighted by atomic mass is 9.87. The van der Waals surface area contributed by atoms with Gasteiger partial charge in [-0.1, -0.05) is 36.4 Å². The number of benzene rings is 4. The van der Waals surface area contributed by atoms with Crippen LogP contribution in [0.2, 0.25) is 0 Å². The molecular weight excluding hydrogens is 472 g/mol. The Balaban J connectivity index is 1.43. The number of rotatable bonds is 5. The summed E-state index contributed by atoms with van der Waals surface area (Å²) in [4.78, 5) is 26.2. The Bertz CT molecular complexity index is 1770. The number of aromatic nitrogens is 2. The van der Waals surface area contributed by atoms with Gasteiger partial charge in [0.2, 0.25) is 0 Å². The largest absolute Gasteiger partial charge is 0.394 e. The predicted molar refractivity (Wildman–Crippen MR) is 141 cm³/mol. The molecule has 8 nitrogen and oxygen atoms in total. The molecule has 190 valence electrons. The number of aliphatic hydroxyl groups excluding tert-OH is 2. The highest BCUT2D eigenvalue weighted by molar-refractivity contribution is 6.24. The lowest BCUT2D eigenvalue weighted by Gasteiger charge is -2.23. The molecule has 3 N–H and O–H groups in total. The number of H-pyrrole nitrogens is 1. The van der Waals surface area contributed by atoms with Crippen molar-refractivity contribution in [3.8, 4) is 0 Å². The van der Waals surface area contributed by atoms with E-state index in [4.69, 9.17) is 9.47 Å². The van der Waals surface area contributed by atoms with Gasteiger partial charge in [0.25, 0.3) is 5.56 Å². The summed E-state index contributed by atoms with van der Waals surface area (Å²) in [5, 5.41) is 27.6. The molecule has 0 spiro atoms. The molecule has 0 radical (unpaired) electrons. The molecule has 1 saturated heterocycles. The third-order valence-corrected chi connectivity index (χ3v) is 7.77. The van der Waals surface area contributed by atoms with Crippen molar-refractivity contribution in [2.24, 2.45) is 0 Å². The molecule has 4 atom stereocenters. The molecular formula is C29H28N2O6. The zero-order chi connectivity index (χ0) is 26.0. The first-order valence-corrected chi connectivity index (χ1v) is 12.3. The van der Waals surface area contributed by atoms with Gasteiger partial charge in [-0.3, -0.25) is 14.3 Å². The second-order valence-corrected chi connectivity index (χ2v) is 9.95. The maximum Gasteiger partial charge on any atom is 0.330 e. The molecule has 1 unspecified atom stereocenters. The summed E-state index contributed by atoms with van der Waals surface area (Å²) in [5.41, 5.74) is 3.36. The third kappa shape index (κ3) is 3.67. The molecule has 0 saturated carbocycles. The Morgan fingerprint density at radius 1 is 0.973 bits per heavy atom. The molecule has 8 heteroatoms. The van der Waals surface area contributed by atoms with Crippen molar-refractivity contribution >= 4 is 32.3 Å². The van der Waals surface area contributed by atoms with Crippen molar-refractivity contribution in [2.75, 3.05) is 6.61 Å². The van der Waals surface area contributed by atoms with E-state index in [1.165, 1.54) is 54.9 Å². The highest BCUT2D eigenvalue weighted by Gasteiger charge is 2.45. The van der Waals surface area contributed by atoms with Crippen LogP contribution in [0.5, 0.6) is 0 Å². The fourth-order valence-electron chi connectivity index (χ4n) is 5.73. The first-order valence-electron chi connectivity index (χ1n) is 12.3. The van der Waals surface area contributed by atoms with Gasteiger partial charge >= 0.3 is 5.69 Å². The minimum Gasteiger partial charge on any atom is -0.394 e. The van der Waals surface area contributed by atoms with E-state index in [9.17, 15) is 19.8 Å². The van der Waals surface area contributed by atoms with Crippen molar-refractivity contribution in [1.82, 2.24) is 9.55 Å². The minimum atomic E-state index is -1.17. The molecule has 0 amide bonds. The van der Waals surface area contributed by atoms with Crippen LogP contribution >= 0.6 is 0 Å². The maximum atomic E-state index is 12.4. The zero-order valence-corrected chi connectivity index (χ0v) is 20.8. The van der Waals surface area contributed by atoms with Gasteiger partial charge in [-0.05, 0) is 75.3 Å². The van der Waals surface area contributed by atoms with E-state index < -0.39 is 42.4 Å². The van der Waals surface area contributed by atoms with Crippen LogP contribution in [0.4, 0.5) is 0 Å². The van der Waals surface area contributed by atoms with Crippen molar-refractivity contribution in [1.29, 1.82) is 0 Å². The molecule has 4 aromatic carbocycles. The lowest BCUT2D eigenvalue weighted by molar-refractivity contribution is -0.0795. The molecule has 5 aromatic rings. The second kappa shape index (κ2) is 8.78. The Morgan fingerprint density at radius 2 is 1.73 bits per heavy atom. The number of aliphatic hydroxyl groups is 2. The summed E-state index contributed by atoms with van der Waals surface area (Å²) in [5.74, 6) is 0. The number of aryl methyl sites for hydroxylation is 3. The molecule has 1 fully saturated rings. The quantitative estimate of drug-likeness (QED) is 0.320. The third-order valence-electron chi connectivity index (χ3n) is 7.77. The van der Waals surface area contributed by atoms with Crippen LogP contribution in [0.3, 0.4) is 0 Å². The van der Waals surface area contributed by atoms with Gasteiger partial charge in [0.15, 0.2) is 6.23 Å². The predicted octanol–water partition coefficient (Wildman–Crippen LogP) is 3.20. The van der Waals surface area contributed by atoms with Crippen molar-refractivity contribution < 1.29 is 19.7 Å². The van der Waals surface area contributed by atoms with E-state index in [1.54, 1.807) is 0 Å². The average Bonchev–Trinajstić information content (AvgIpc) is 3.19. The monoisotopic (exact) mass is 500 g/mol. The van der Waals surface area contributed by atoms with Crippen LogP contribution in [0.1, 0.15) is 28.5 Å². The molecule has 0 aliphatic carbocycles. The van der Waals surface area contributed by atoms with E-state index in [-0.39, 0.29) is 6.61 Å². The summed E-state index contributed by atoms with van der Waals surface area (Å²) in [7, 11) is 0. The van der Waals surface area contributed by atoms with Gasteiger partial charge in [0.1, 0.15) is 18.3 Å². The number of nitrogens with zero attached hydrogens (tertiary/aromatic N) is 1. The van der Waals surface area contributed by atoms with Gasteiger partial charge < -0.3 is 19.7 Å². The summed E-state index contributed by atoms with van der Waals surface area (Å²) in [6.45, 7) is 6.08. The number of nitrogens with one attached hydrogen (secondary N) is 1. The van der Waals surface area contributed by atoms with E-state index in [0.717, 1.165) is 16.5 Å². The zero-order valence-electron chi connectivity index (χ0n) is 20.8. The highest BCUT2D eigenvalue weighted by atomic mass is 16.6. The van der Waals surface area contributed by atoms with E-state index >= 15 is 0 Å². The van der Waals surface area contributed by atoms with E-state index in [0.29, 0.717) is 0 Å². The van der Waals surface area contributed by atoms with Crippen LogP contribution in [0.15, 0.2) is 58.3 Å². The molecule has 1 aliphatic heterocycles. The highest BCUT2D eigenvalue weighted by Crippen LogP contribution is 2.40. The second-order valence-electron chi connectivity index (χ2n) is 9.95. The fourth-order valence-corrected chi connectivity index (χ4v) is 5.73. The first-order chi connectivity index (χ1) is 17.8. The summed E-state index contributed by atoms with van der Waals surface area (Å²) < 4.78 is 13.2. The SMILES string of the molecule is Cc1cc2ccc3c(C)cc(CO[C@H]4C(O)[C@@H](CO)O[C@H]4n4ccc(=O)[nH]c4=O)c4ccc(c1C)c2c34. The Labute approximate surface area is 212 Å². The van der Waals surface area contributed by atoms with Crippen molar-refractivity contribution in [3.63, 3.8) is 0 Å². The molecule has 0 bridgehead atoms. The minimum absolute atomic E-state index is 0.158. The van der Waals surface area contributed by atoms with Crippen LogP contribution < -0.4 is 11.2 Å². The van der Waals surface area contributed by atoms with Gasteiger partial charge in [-0.25, -0.2) is 4.79 Å². The Morgan fingerprint density at radius 3 is 2.49 bits per heavy atom. The van der Waals surface area contributed by atoms with Crippen LogP contribution in [-0.2, 0) is 16.1 Å². The van der Waals surface area contributed by atoms with E-state index in [1.807, 2.05) is 0 Å². The lowest BCUT2D eigenvalue weighted by Crippen LogP contribution is -2.39. The molecule has 1 aromatic heterocycles. The topological polar surface area (TPSA) is 114 Å². The van der Waals surface area contributed by atoms with Gasteiger partial charge in [-0.2, -0.15) is 0 Å². The van der Waals surface area contributed by atoms with E-state index in [2.05, 4.69) is 62.2 Å². The Hall–Kier alpha value is -3.56. The standard InChI is InChI=1S/C29H28N2O6/c1-14-10-17-4-5-19-15(2)11-18(21-7-6-20(16(14)3)24(17)25(19)21)13-36-27-26(34)22(12-32)37-28(27)31-9-8-23(33)30-29(31)35/h4-11,22,26-28,32,34H,12-13H2,1-3H3,(H,30,33,35)/t22-,26?,27+,28-/m1/s1. The molecule has 1 aliphatic rings. The summed E-state index contributed by atoms with van der Waals surface area (Å²) in [6, 6.07) is 14.1. The van der Waals surface area contributed by atoms with Crippen LogP contribution in [0.25, 0.3) is 32.3 Å². The number of hydrogen-bond donors (Lipinski definition) is 3. The Kier molecular flexibility index (Phi) is 5.65. The molecule has 6 rings (SSSR count). The first kappa shape index (κ1) is 23.8. The maximum absolute atomic E-state index is 12.4. The average molecular weight is 501 g/mol. The van der Waals surface area contributed by atoms with Crippen molar-refractivity contribution in [2.45, 2.75) is 51.9 Å². The van der Waals surface area contributed by atoms with Crippen LogP contribution in [-0.4, -0.2) is 44.7 Å².